The summed E-state index contributed by atoms with van der Waals surface area (Å²) >= 11 is 0. The highest BCUT2D eigenvalue weighted by atomic mass is 19.1. The van der Waals surface area contributed by atoms with Gasteiger partial charge < -0.3 is 13.9 Å². The summed E-state index contributed by atoms with van der Waals surface area (Å²) in [5, 5.41) is 9.06. The second kappa shape index (κ2) is 8.16. The molecule has 0 saturated heterocycles. The molecule has 0 spiro atoms. The number of methoxy groups -OCH3 is 1. The van der Waals surface area contributed by atoms with Crippen LogP contribution in [0.4, 0.5) is 4.39 Å². The van der Waals surface area contributed by atoms with Crippen LogP contribution in [-0.2, 0) is 0 Å². The normalized spacial score (nSPS) is 12.3. The lowest BCUT2D eigenvalue weighted by Crippen LogP contribution is -2.11. The molecule has 3 aromatic rings. The standard InChI is InChI=1S/C26H24FN5O/c1-16-11-22-25(20-7-10-23(24(12-20)33-4)31-14-17(2)28-15-31)29-30-26(22)32(13-16)18(3)19-5-8-21(27)9-6-19/h5-15,18H,1-4H3/t18-/m0/s1. The van der Waals surface area contributed by atoms with Gasteiger partial charge in [0, 0.05) is 23.5 Å². The maximum atomic E-state index is 13.4. The molecule has 0 saturated carbocycles. The number of rotatable bonds is 5. The van der Waals surface area contributed by atoms with E-state index in [2.05, 4.69) is 45.9 Å². The van der Waals surface area contributed by atoms with Crippen LogP contribution in [0.2, 0.25) is 0 Å². The minimum atomic E-state index is -0.246. The molecular formula is C26H24FN5O. The van der Waals surface area contributed by atoms with E-state index in [1.54, 1.807) is 25.6 Å². The Labute approximate surface area is 191 Å². The predicted octanol–water partition coefficient (Wildman–Crippen LogP) is 5.61. The number of halogens is 1. The lowest BCUT2D eigenvalue weighted by molar-refractivity contribution is 0.413. The number of aryl methyl sites for hydroxylation is 2. The third-order valence-electron chi connectivity index (χ3n) is 5.91. The number of ether oxygens (including phenoxy) is 1. The number of benzene rings is 2. The van der Waals surface area contributed by atoms with Gasteiger partial charge in [0.25, 0.3) is 0 Å². The summed E-state index contributed by atoms with van der Waals surface area (Å²) in [6.07, 6.45) is 5.78. The Balaban J connectivity index is 1.57. The number of pyridine rings is 1. The predicted molar refractivity (Wildman–Crippen MR) is 125 cm³/mol. The summed E-state index contributed by atoms with van der Waals surface area (Å²) in [6, 6.07) is 14.6. The summed E-state index contributed by atoms with van der Waals surface area (Å²) in [6.45, 7) is 6.08. The third-order valence-corrected chi connectivity index (χ3v) is 5.91. The van der Waals surface area contributed by atoms with Gasteiger partial charge in [-0.1, -0.05) is 18.2 Å². The molecule has 0 aliphatic carbocycles. The van der Waals surface area contributed by atoms with Gasteiger partial charge in [-0.05, 0) is 62.2 Å². The summed E-state index contributed by atoms with van der Waals surface area (Å²) in [7, 11) is 1.66. The van der Waals surface area contributed by atoms with Crippen molar-refractivity contribution in [1.29, 1.82) is 0 Å². The van der Waals surface area contributed by atoms with Gasteiger partial charge in [0.05, 0.1) is 30.9 Å². The molecule has 33 heavy (non-hydrogen) atoms. The van der Waals surface area contributed by atoms with E-state index in [0.29, 0.717) is 0 Å². The number of nitrogens with zero attached hydrogens (tertiary/aromatic N) is 5. The summed E-state index contributed by atoms with van der Waals surface area (Å²) in [4.78, 5) is 4.31. The molecule has 2 aliphatic rings. The van der Waals surface area contributed by atoms with Crippen molar-refractivity contribution in [2.75, 3.05) is 7.11 Å². The van der Waals surface area contributed by atoms with Crippen molar-refractivity contribution in [3.63, 3.8) is 0 Å². The first-order valence-corrected chi connectivity index (χ1v) is 10.7. The Bertz CT molecular complexity index is 1400. The molecule has 3 heterocycles. The molecule has 5 rings (SSSR count). The smallest absolute Gasteiger partial charge is 0.165 e. The lowest BCUT2D eigenvalue weighted by atomic mass is 10.0. The van der Waals surface area contributed by atoms with Gasteiger partial charge in [-0.25, -0.2) is 9.37 Å². The van der Waals surface area contributed by atoms with E-state index in [1.807, 2.05) is 35.9 Å². The topological polar surface area (TPSA) is 57.8 Å². The number of imidazole rings is 1. The Morgan fingerprint density at radius 2 is 1.76 bits per heavy atom. The van der Waals surface area contributed by atoms with Gasteiger partial charge >= 0.3 is 0 Å². The van der Waals surface area contributed by atoms with Gasteiger partial charge in [0.15, 0.2) is 5.82 Å². The Morgan fingerprint density at radius 3 is 2.45 bits per heavy atom. The Hall–Kier alpha value is -4.00. The average Bonchev–Trinajstić information content (AvgIpc) is 3.44. The molecule has 166 valence electrons. The van der Waals surface area contributed by atoms with Crippen molar-refractivity contribution >= 4 is 0 Å². The quantitative estimate of drug-likeness (QED) is 0.356. The zero-order valence-corrected chi connectivity index (χ0v) is 19.0. The molecule has 2 aliphatic heterocycles. The zero-order valence-electron chi connectivity index (χ0n) is 19.0. The molecule has 6 nitrogen and oxygen atoms in total. The van der Waals surface area contributed by atoms with E-state index in [-0.39, 0.29) is 11.9 Å². The Morgan fingerprint density at radius 1 is 0.970 bits per heavy atom. The van der Waals surface area contributed by atoms with E-state index in [1.165, 1.54) is 12.1 Å². The van der Waals surface area contributed by atoms with Crippen molar-refractivity contribution < 1.29 is 9.13 Å². The lowest BCUT2D eigenvalue weighted by Gasteiger charge is -2.20. The maximum Gasteiger partial charge on any atom is 0.165 e. The minimum Gasteiger partial charge on any atom is -0.495 e. The van der Waals surface area contributed by atoms with E-state index < -0.39 is 0 Å². The number of aromatic nitrogens is 5. The first-order valence-electron chi connectivity index (χ1n) is 10.7. The SMILES string of the molecule is COc1cc(-c2nnc3n([C@@H](C)c4ccc(F)cc4)cc(C)cc2-3)ccc1-n1cnc(C)c1. The van der Waals surface area contributed by atoms with E-state index in [4.69, 9.17) is 4.74 Å². The summed E-state index contributed by atoms with van der Waals surface area (Å²) in [5.74, 6) is 1.26. The molecule has 0 unspecified atom stereocenters. The monoisotopic (exact) mass is 441 g/mol. The van der Waals surface area contributed by atoms with Gasteiger partial charge in [-0.2, -0.15) is 0 Å². The number of hydrogen-bond donors (Lipinski definition) is 0. The minimum absolute atomic E-state index is 0.0288. The van der Waals surface area contributed by atoms with Gasteiger partial charge in [-0.15, -0.1) is 10.2 Å². The van der Waals surface area contributed by atoms with Gasteiger partial charge in [-0.3, -0.25) is 0 Å². The fourth-order valence-corrected chi connectivity index (χ4v) is 4.18. The van der Waals surface area contributed by atoms with Crippen LogP contribution in [0.5, 0.6) is 5.75 Å². The van der Waals surface area contributed by atoms with Crippen LogP contribution >= 0.6 is 0 Å². The zero-order chi connectivity index (χ0) is 23.1. The molecule has 0 radical (unpaired) electrons. The van der Waals surface area contributed by atoms with Crippen LogP contribution < -0.4 is 4.74 Å². The highest BCUT2D eigenvalue weighted by Crippen LogP contribution is 2.37. The van der Waals surface area contributed by atoms with Crippen molar-refractivity contribution in [2.45, 2.75) is 26.8 Å². The number of hydrogen-bond acceptors (Lipinski definition) is 4. The maximum absolute atomic E-state index is 13.4. The van der Waals surface area contributed by atoms with Gasteiger partial charge in [0.2, 0.25) is 0 Å². The van der Waals surface area contributed by atoms with E-state index in [0.717, 1.165) is 50.9 Å². The highest BCUT2D eigenvalue weighted by molar-refractivity contribution is 5.80. The van der Waals surface area contributed by atoms with Crippen LogP contribution in [0.3, 0.4) is 0 Å². The highest BCUT2D eigenvalue weighted by Gasteiger charge is 2.22. The van der Waals surface area contributed by atoms with Crippen molar-refractivity contribution in [2.24, 2.45) is 0 Å². The van der Waals surface area contributed by atoms with Crippen LogP contribution in [0.15, 0.2) is 67.3 Å². The van der Waals surface area contributed by atoms with E-state index in [9.17, 15) is 4.39 Å². The third kappa shape index (κ3) is 3.75. The molecule has 1 aromatic heterocycles. The van der Waals surface area contributed by atoms with Crippen LogP contribution in [0.1, 0.15) is 29.8 Å². The molecule has 7 heteroatoms. The van der Waals surface area contributed by atoms with Crippen molar-refractivity contribution in [3.8, 4) is 34.1 Å². The van der Waals surface area contributed by atoms with Gasteiger partial charge in [0.1, 0.15) is 17.3 Å². The first kappa shape index (κ1) is 20.9. The fraction of sp³-hybridized carbons (Fsp3) is 0.192. The second-order valence-corrected chi connectivity index (χ2v) is 8.25. The van der Waals surface area contributed by atoms with Crippen molar-refractivity contribution in [1.82, 2.24) is 24.3 Å². The molecule has 1 atom stereocenters. The van der Waals surface area contributed by atoms with Crippen LogP contribution in [0.25, 0.3) is 28.3 Å². The second-order valence-electron chi connectivity index (χ2n) is 8.25. The fourth-order valence-electron chi connectivity index (χ4n) is 4.18. The van der Waals surface area contributed by atoms with Crippen LogP contribution in [-0.4, -0.2) is 31.4 Å². The summed E-state index contributed by atoms with van der Waals surface area (Å²) < 4.78 is 23.1. The largest absolute Gasteiger partial charge is 0.495 e. The van der Waals surface area contributed by atoms with E-state index >= 15 is 0 Å². The molecule has 0 N–H and O–H groups in total. The van der Waals surface area contributed by atoms with Crippen molar-refractivity contribution in [3.05, 3.63) is 89.9 Å². The Kier molecular flexibility index (Phi) is 5.17. The average molecular weight is 442 g/mol. The molecule has 0 bridgehead atoms. The van der Waals surface area contributed by atoms with Crippen LogP contribution in [0, 0.1) is 19.7 Å². The first-order chi connectivity index (χ1) is 15.9. The number of fused-ring (bicyclic) bond motifs is 1. The molecular weight excluding hydrogens is 417 g/mol. The molecule has 0 amide bonds. The summed E-state index contributed by atoms with van der Waals surface area (Å²) in [5.41, 5.74) is 6.59. The molecule has 2 aromatic carbocycles. The molecule has 0 fully saturated rings.